The Morgan fingerprint density at radius 2 is 1.52 bits per heavy atom. The zero-order valence-electron chi connectivity index (χ0n) is 15.6. The fourth-order valence-electron chi connectivity index (χ4n) is 3.01. The lowest BCUT2D eigenvalue weighted by Crippen LogP contribution is -2.10. The summed E-state index contributed by atoms with van der Waals surface area (Å²) in [5, 5.41) is 1.09. The molecule has 2 nitrogen and oxygen atoms in total. The van der Waals surface area contributed by atoms with Gasteiger partial charge in [0, 0.05) is 11.8 Å². The first-order chi connectivity index (χ1) is 11.2. The van der Waals surface area contributed by atoms with Gasteiger partial charge < -0.3 is 4.74 Å². The third kappa shape index (κ3) is 16.6. The van der Waals surface area contributed by atoms with Crippen LogP contribution in [0.2, 0.25) is 0 Å². The van der Waals surface area contributed by atoms with Crippen molar-refractivity contribution in [1.82, 2.24) is 0 Å². The van der Waals surface area contributed by atoms with Crippen LogP contribution in [-0.4, -0.2) is 17.9 Å². The Morgan fingerprint density at radius 1 is 0.826 bits per heavy atom. The van der Waals surface area contributed by atoms with Crippen molar-refractivity contribution in [3.8, 4) is 0 Å². The molecule has 0 saturated heterocycles. The molecule has 23 heavy (non-hydrogen) atoms. The number of hydrogen-bond donors (Lipinski definition) is 0. The van der Waals surface area contributed by atoms with E-state index in [1.54, 1.807) is 0 Å². The molecule has 0 amide bonds. The largest absolute Gasteiger partial charge is 0.466 e. The number of carbonyl (C=O) groups excluding carboxylic acids is 1. The van der Waals surface area contributed by atoms with Gasteiger partial charge in [0.1, 0.15) is 0 Å². The number of halogens is 1. The Labute approximate surface area is 153 Å². The Hall–Kier alpha value is -0.0500. The van der Waals surface area contributed by atoms with Crippen molar-refractivity contribution in [3.05, 3.63) is 0 Å². The Morgan fingerprint density at radius 3 is 2.22 bits per heavy atom. The third-order valence-corrected chi connectivity index (χ3v) is 5.03. The first-order valence-electron chi connectivity index (χ1n) is 9.96. The molecule has 0 saturated carbocycles. The topological polar surface area (TPSA) is 26.3 Å². The van der Waals surface area contributed by atoms with Crippen molar-refractivity contribution in [2.45, 2.75) is 104 Å². The summed E-state index contributed by atoms with van der Waals surface area (Å²) in [5.41, 5.74) is 0. The molecule has 0 heterocycles. The van der Waals surface area contributed by atoms with Crippen LogP contribution >= 0.6 is 15.9 Å². The van der Waals surface area contributed by atoms with E-state index in [1.165, 1.54) is 64.2 Å². The number of esters is 1. The molecule has 0 radical (unpaired) electrons. The number of ether oxygens (including phenoxy) is 1. The van der Waals surface area contributed by atoms with E-state index in [2.05, 4.69) is 29.8 Å². The van der Waals surface area contributed by atoms with Crippen LogP contribution < -0.4 is 0 Å². The minimum atomic E-state index is 0.00622. The molecule has 138 valence electrons. The SMILES string of the molecule is CCCCCCC(CCC)CCOC(=O)CCCCCCCBr. The summed E-state index contributed by atoms with van der Waals surface area (Å²) in [4.78, 5) is 11.7. The minimum absolute atomic E-state index is 0.00622. The van der Waals surface area contributed by atoms with Gasteiger partial charge in [-0.25, -0.2) is 0 Å². The van der Waals surface area contributed by atoms with E-state index in [1.807, 2.05) is 0 Å². The highest BCUT2D eigenvalue weighted by Gasteiger charge is 2.09. The molecular formula is C20H39BrO2. The quantitative estimate of drug-likeness (QED) is 0.151. The van der Waals surface area contributed by atoms with Gasteiger partial charge in [-0.2, -0.15) is 0 Å². The summed E-state index contributed by atoms with van der Waals surface area (Å²) in [6, 6.07) is 0. The van der Waals surface area contributed by atoms with Crippen molar-refractivity contribution < 1.29 is 9.53 Å². The van der Waals surface area contributed by atoms with E-state index in [0.29, 0.717) is 13.0 Å². The zero-order valence-corrected chi connectivity index (χ0v) is 17.2. The van der Waals surface area contributed by atoms with Crippen LogP contribution in [0, 0.1) is 5.92 Å². The maximum Gasteiger partial charge on any atom is 0.305 e. The van der Waals surface area contributed by atoms with Crippen molar-refractivity contribution in [3.63, 3.8) is 0 Å². The summed E-state index contributed by atoms with van der Waals surface area (Å²) in [6.45, 7) is 5.13. The highest BCUT2D eigenvalue weighted by atomic mass is 79.9. The van der Waals surface area contributed by atoms with E-state index < -0.39 is 0 Å². The van der Waals surface area contributed by atoms with E-state index in [-0.39, 0.29) is 5.97 Å². The molecule has 1 unspecified atom stereocenters. The summed E-state index contributed by atoms with van der Waals surface area (Å²) >= 11 is 3.44. The van der Waals surface area contributed by atoms with Gasteiger partial charge in [-0.15, -0.1) is 0 Å². The Bertz CT molecular complexity index is 256. The maximum absolute atomic E-state index is 11.7. The molecule has 0 rings (SSSR count). The van der Waals surface area contributed by atoms with Crippen molar-refractivity contribution in [1.29, 1.82) is 0 Å². The molecule has 0 fully saturated rings. The lowest BCUT2D eigenvalue weighted by molar-refractivity contribution is -0.144. The summed E-state index contributed by atoms with van der Waals surface area (Å²) < 4.78 is 5.43. The predicted octanol–water partition coefficient (Wildman–Crippen LogP) is 7.04. The monoisotopic (exact) mass is 390 g/mol. The lowest BCUT2D eigenvalue weighted by Gasteiger charge is -2.16. The molecule has 0 aromatic heterocycles. The highest BCUT2D eigenvalue weighted by molar-refractivity contribution is 9.09. The lowest BCUT2D eigenvalue weighted by atomic mass is 9.93. The van der Waals surface area contributed by atoms with Gasteiger partial charge in [0.05, 0.1) is 6.61 Å². The third-order valence-electron chi connectivity index (χ3n) is 4.47. The summed E-state index contributed by atoms with van der Waals surface area (Å²) in [5.74, 6) is 0.751. The fourth-order valence-corrected chi connectivity index (χ4v) is 3.40. The number of carbonyl (C=O) groups is 1. The molecule has 0 aliphatic carbocycles. The second-order valence-corrected chi connectivity index (χ2v) is 7.51. The molecule has 0 aromatic carbocycles. The van der Waals surface area contributed by atoms with Gasteiger partial charge in [0.15, 0.2) is 0 Å². The molecule has 0 bridgehead atoms. The predicted molar refractivity (Wildman–Crippen MR) is 104 cm³/mol. The average Bonchev–Trinajstić information content (AvgIpc) is 2.54. The normalized spacial score (nSPS) is 12.3. The standard InChI is InChI=1S/C20H39BrO2/c1-3-5-6-10-14-19(13-4-2)16-18-23-20(22)15-11-8-7-9-12-17-21/h19H,3-18H2,1-2H3. The van der Waals surface area contributed by atoms with Gasteiger partial charge in [0.25, 0.3) is 0 Å². The molecular weight excluding hydrogens is 352 g/mol. The van der Waals surface area contributed by atoms with Crippen LogP contribution in [0.25, 0.3) is 0 Å². The number of rotatable bonds is 17. The smallest absolute Gasteiger partial charge is 0.305 e. The van der Waals surface area contributed by atoms with Crippen LogP contribution in [0.15, 0.2) is 0 Å². The minimum Gasteiger partial charge on any atom is -0.466 e. The molecule has 0 spiro atoms. The Balaban J connectivity index is 3.59. The average molecular weight is 391 g/mol. The molecule has 1 atom stereocenters. The highest BCUT2D eigenvalue weighted by Crippen LogP contribution is 2.20. The first kappa shape index (κ1) is 22.9. The summed E-state index contributed by atoms with van der Waals surface area (Å²) in [6.07, 6.45) is 16.7. The Kier molecular flexibility index (Phi) is 18.3. The van der Waals surface area contributed by atoms with Crippen LogP contribution in [0.3, 0.4) is 0 Å². The second-order valence-electron chi connectivity index (χ2n) is 6.72. The van der Waals surface area contributed by atoms with Crippen molar-refractivity contribution in [2.75, 3.05) is 11.9 Å². The van der Waals surface area contributed by atoms with E-state index in [0.717, 1.165) is 30.5 Å². The van der Waals surface area contributed by atoms with Crippen LogP contribution in [-0.2, 0) is 9.53 Å². The van der Waals surface area contributed by atoms with Gasteiger partial charge in [-0.05, 0) is 25.2 Å². The van der Waals surface area contributed by atoms with E-state index in [4.69, 9.17) is 4.74 Å². The number of unbranched alkanes of at least 4 members (excludes halogenated alkanes) is 7. The van der Waals surface area contributed by atoms with Gasteiger partial charge in [-0.3, -0.25) is 4.79 Å². The number of hydrogen-bond acceptors (Lipinski definition) is 2. The van der Waals surface area contributed by atoms with Gasteiger partial charge >= 0.3 is 5.97 Å². The first-order valence-corrected chi connectivity index (χ1v) is 11.1. The molecule has 0 aromatic rings. The van der Waals surface area contributed by atoms with Crippen LogP contribution in [0.5, 0.6) is 0 Å². The second kappa shape index (κ2) is 18.3. The van der Waals surface area contributed by atoms with E-state index in [9.17, 15) is 4.79 Å². The van der Waals surface area contributed by atoms with E-state index >= 15 is 0 Å². The van der Waals surface area contributed by atoms with Crippen molar-refractivity contribution in [2.24, 2.45) is 5.92 Å². The summed E-state index contributed by atoms with van der Waals surface area (Å²) in [7, 11) is 0. The molecule has 0 N–H and O–H groups in total. The number of alkyl halides is 1. The molecule has 3 heteroatoms. The van der Waals surface area contributed by atoms with Crippen LogP contribution in [0.4, 0.5) is 0 Å². The van der Waals surface area contributed by atoms with Gasteiger partial charge in [-0.1, -0.05) is 94.0 Å². The zero-order chi connectivity index (χ0) is 17.2. The fraction of sp³-hybridized carbons (Fsp3) is 0.950. The van der Waals surface area contributed by atoms with Crippen molar-refractivity contribution >= 4 is 21.9 Å². The van der Waals surface area contributed by atoms with Crippen LogP contribution in [0.1, 0.15) is 104 Å². The maximum atomic E-state index is 11.7. The molecule has 0 aliphatic rings. The van der Waals surface area contributed by atoms with Gasteiger partial charge in [0.2, 0.25) is 0 Å². The molecule has 0 aliphatic heterocycles.